The smallest absolute Gasteiger partial charge is 0.276 e. The van der Waals surface area contributed by atoms with E-state index in [1.54, 1.807) is 16.7 Å². The molecular weight excluding hydrogens is 526 g/mol. The van der Waals surface area contributed by atoms with Gasteiger partial charge < -0.3 is 25.8 Å². The molecule has 5 rings (SSSR count). The fourth-order valence-corrected chi connectivity index (χ4v) is 6.80. The summed E-state index contributed by atoms with van der Waals surface area (Å²) in [6.07, 6.45) is 3.72. The second kappa shape index (κ2) is 9.48. The maximum absolute atomic E-state index is 13.0. The van der Waals surface area contributed by atoms with Crippen LogP contribution in [0.5, 0.6) is 0 Å². The highest BCUT2D eigenvalue weighted by Crippen LogP contribution is 2.40. The van der Waals surface area contributed by atoms with Crippen LogP contribution < -0.4 is 20.7 Å². The number of anilines is 1. The normalized spacial score (nSPS) is 19.8. The highest BCUT2D eigenvalue weighted by molar-refractivity contribution is 8.00. The minimum Gasteiger partial charge on any atom is -0.543 e. The first-order valence-electron chi connectivity index (χ1n) is 10.5. The summed E-state index contributed by atoms with van der Waals surface area (Å²) in [5.41, 5.74) is 6.96. The Hall–Kier alpha value is -3.56. The van der Waals surface area contributed by atoms with Crippen LogP contribution in [0, 0.1) is 6.92 Å². The molecular formula is C21H19N7O5S3. The van der Waals surface area contributed by atoms with Gasteiger partial charge in [0.2, 0.25) is 0 Å². The van der Waals surface area contributed by atoms with Gasteiger partial charge >= 0.3 is 0 Å². The van der Waals surface area contributed by atoms with E-state index in [9.17, 15) is 19.5 Å². The summed E-state index contributed by atoms with van der Waals surface area (Å²) >= 11 is 4.03. The molecule has 186 valence electrons. The number of carboxylic acids is 1. The van der Waals surface area contributed by atoms with Crippen molar-refractivity contribution in [3.05, 3.63) is 45.8 Å². The molecule has 0 aromatic carbocycles. The third-order valence-corrected chi connectivity index (χ3v) is 8.49. The zero-order valence-corrected chi connectivity index (χ0v) is 21.4. The number of nitrogens with two attached hydrogens (primary N) is 1. The number of β-lactam (4-membered cyclic amide) rings is 1. The first-order valence-corrected chi connectivity index (χ1v) is 13.3. The molecule has 0 saturated carbocycles. The minimum absolute atomic E-state index is 0.140. The van der Waals surface area contributed by atoms with Crippen LogP contribution >= 0.6 is 34.4 Å². The topological polar surface area (TPSA) is 167 Å². The number of amides is 2. The number of hydrogen-bond donors (Lipinski definition) is 2. The van der Waals surface area contributed by atoms with Crippen LogP contribution in [0.3, 0.4) is 0 Å². The number of nitrogens with zero attached hydrogens (tertiary/aromatic N) is 5. The molecule has 0 aliphatic carbocycles. The minimum atomic E-state index is -1.44. The molecule has 12 nitrogen and oxygen atoms in total. The van der Waals surface area contributed by atoms with Crippen LogP contribution in [0.2, 0.25) is 0 Å². The fraction of sp³-hybridized carbons (Fsp3) is 0.286. The van der Waals surface area contributed by atoms with E-state index in [0.29, 0.717) is 11.3 Å². The summed E-state index contributed by atoms with van der Waals surface area (Å²) in [5, 5.41) is 20.5. The van der Waals surface area contributed by atoms with E-state index in [-0.39, 0.29) is 28.8 Å². The van der Waals surface area contributed by atoms with Gasteiger partial charge in [-0.25, -0.2) is 9.97 Å². The first-order chi connectivity index (χ1) is 17.3. The van der Waals surface area contributed by atoms with Gasteiger partial charge in [-0.3, -0.25) is 14.5 Å². The maximum atomic E-state index is 13.0. The molecule has 2 amide bonds. The van der Waals surface area contributed by atoms with E-state index in [2.05, 4.69) is 20.4 Å². The van der Waals surface area contributed by atoms with Gasteiger partial charge in [0.05, 0.1) is 22.2 Å². The number of carbonyl (C=O) groups excluding carboxylic acids is 3. The Bertz CT molecular complexity index is 1460. The standard InChI is InChI=1S/C21H19N7O5S3/c1-9-23-11-3-4-27(6-13(11)36-9)5-10-7-34-19-15(18(30)28(19)16(10)20(31)32)25-17(29)14(26-33-2)12-8-35-21(22)24-12/h3-4,6,8,15,19H,5,7H2,1-2H3,(H3-,22,24,25,29,31,32)/b26-14-/t15-,19-/m1/s1. The average Bonchev–Trinajstić information content (AvgIpc) is 3.44. The number of hydrogen-bond acceptors (Lipinski definition) is 12. The lowest BCUT2D eigenvalue weighted by Gasteiger charge is -2.50. The van der Waals surface area contributed by atoms with Crippen molar-refractivity contribution in [1.29, 1.82) is 0 Å². The second-order valence-corrected chi connectivity index (χ2v) is 11.1. The Kier molecular flexibility index (Phi) is 6.36. The van der Waals surface area contributed by atoms with Gasteiger partial charge in [0.15, 0.2) is 29.8 Å². The summed E-state index contributed by atoms with van der Waals surface area (Å²) in [6.45, 7) is 2.19. The van der Waals surface area contributed by atoms with Crippen LogP contribution in [0.4, 0.5) is 5.13 Å². The quantitative estimate of drug-likeness (QED) is 0.170. The lowest BCUT2D eigenvalue weighted by atomic mass is 10.0. The number of nitrogen functional groups attached to an aromatic ring is 1. The van der Waals surface area contributed by atoms with Gasteiger partial charge in [-0.05, 0) is 6.92 Å². The van der Waals surface area contributed by atoms with Crippen molar-refractivity contribution in [1.82, 2.24) is 20.2 Å². The number of aryl methyl sites for hydroxylation is 1. The summed E-state index contributed by atoms with van der Waals surface area (Å²) in [5.74, 6) is -2.33. The van der Waals surface area contributed by atoms with E-state index < -0.39 is 29.2 Å². The summed E-state index contributed by atoms with van der Waals surface area (Å²) in [4.78, 5) is 52.3. The number of aliphatic carboxylic acids is 1. The predicted octanol–water partition coefficient (Wildman–Crippen LogP) is -0.614. The molecule has 2 aliphatic rings. The van der Waals surface area contributed by atoms with Gasteiger partial charge in [0.1, 0.15) is 28.9 Å². The second-order valence-electron chi connectivity index (χ2n) is 7.89. The number of thiazole rings is 2. The Morgan fingerprint density at radius 3 is 2.92 bits per heavy atom. The largest absolute Gasteiger partial charge is 0.543 e. The van der Waals surface area contributed by atoms with Crippen molar-refractivity contribution in [2.45, 2.75) is 24.9 Å². The Balaban J connectivity index is 1.36. The number of oxime groups is 1. The Labute approximate surface area is 216 Å². The molecule has 0 unspecified atom stereocenters. The number of aromatic nitrogens is 3. The van der Waals surface area contributed by atoms with Crippen LogP contribution in [-0.4, -0.2) is 62.6 Å². The molecule has 15 heteroatoms. The van der Waals surface area contributed by atoms with Gasteiger partial charge in [-0.2, -0.15) is 4.57 Å². The van der Waals surface area contributed by atoms with E-state index in [1.165, 1.54) is 23.8 Å². The molecule has 1 fully saturated rings. The van der Waals surface area contributed by atoms with Crippen LogP contribution in [0.25, 0.3) is 10.2 Å². The maximum Gasteiger partial charge on any atom is 0.276 e. The molecule has 1 saturated heterocycles. The third-order valence-electron chi connectivity index (χ3n) is 5.56. The number of carboxylic acid groups (broad SMARTS) is 1. The molecule has 3 aromatic rings. The molecule has 0 spiro atoms. The monoisotopic (exact) mass is 545 g/mol. The van der Waals surface area contributed by atoms with E-state index in [1.807, 2.05) is 30.0 Å². The molecule has 2 aliphatic heterocycles. The SMILES string of the molecule is CO/N=C(\C(=O)N[C@@H]1C(=O)N2C(C(=O)[O-])=C(C[n+]3ccc4nc(C)sc4c3)CS[C@H]12)c1csc(N)n1. The third kappa shape index (κ3) is 4.29. The van der Waals surface area contributed by atoms with Crippen molar-refractivity contribution in [2.24, 2.45) is 5.16 Å². The van der Waals surface area contributed by atoms with Gasteiger partial charge in [0.25, 0.3) is 11.8 Å². The summed E-state index contributed by atoms with van der Waals surface area (Å²) < 4.78 is 2.83. The van der Waals surface area contributed by atoms with Crippen molar-refractivity contribution in [2.75, 3.05) is 18.6 Å². The summed E-state index contributed by atoms with van der Waals surface area (Å²) in [7, 11) is 1.28. The number of fused-ring (bicyclic) bond motifs is 2. The molecule has 36 heavy (non-hydrogen) atoms. The lowest BCUT2D eigenvalue weighted by Crippen LogP contribution is -2.71. The summed E-state index contributed by atoms with van der Waals surface area (Å²) in [6, 6.07) is 0.923. The molecule has 0 radical (unpaired) electrons. The van der Waals surface area contributed by atoms with Crippen LogP contribution in [0.1, 0.15) is 10.7 Å². The number of thioether (sulfide) groups is 1. The number of carbonyl (C=O) groups is 3. The molecule has 2 atom stereocenters. The fourth-order valence-electron chi connectivity index (χ4n) is 4.04. The Morgan fingerprint density at radius 2 is 2.22 bits per heavy atom. The van der Waals surface area contributed by atoms with Crippen molar-refractivity contribution in [3.63, 3.8) is 0 Å². The zero-order valence-electron chi connectivity index (χ0n) is 19.0. The zero-order chi connectivity index (χ0) is 25.6. The Morgan fingerprint density at radius 1 is 1.42 bits per heavy atom. The number of nitrogens with one attached hydrogen (secondary N) is 1. The first kappa shape index (κ1) is 24.1. The predicted molar refractivity (Wildman–Crippen MR) is 132 cm³/mol. The van der Waals surface area contributed by atoms with Crippen molar-refractivity contribution < 1.29 is 28.9 Å². The number of pyridine rings is 1. The lowest BCUT2D eigenvalue weighted by molar-refractivity contribution is -0.687. The van der Waals surface area contributed by atoms with E-state index in [4.69, 9.17) is 10.6 Å². The van der Waals surface area contributed by atoms with Gasteiger partial charge in [0, 0.05) is 22.8 Å². The molecule has 3 N–H and O–H groups in total. The molecule has 5 heterocycles. The van der Waals surface area contributed by atoms with Crippen molar-refractivity contribution >= 4 is 73.3 Å². The van der Waals surface area contributed by atoms with Crippen LogP contribution in [0.15, 0.2) is 40.3 Å². The van der Waals surface area contributed by atoms with Gasteiger partial charge in [-0.1, -0.05) is 5.16 Å². The molecule has 0 bridgehead atoms. The van der Waals surface area contributed by atoms with E-state index >= 15 is 0 Å². The number of rotatable bonds is 7. The van der Waals surface area contributed by atoms with Gasteiger partial charge in [-0.15, -0.1) is 34.4 Å². The van der Waals surface area contributed by atoms with Crippen LogP contribution in [-0.2, 0) is 25.8 Å². The van der Waals surface area contributed by atoms with Crippen molar-refractivity contribution in [3.8, 4) is 0 Å². The highest BCUT2D eigenvalue weighted by atomic mass is 32.2. The average molecular weight is 546 g/mol. The van der Waals surface area contributed by atoms with E-state index in [0.717, 1.165) is 26.6 Å². The highest BCUT2D eigenvalue weighted by Gasteiger charge is 2.53. The molecule has 3 aromatic heterocycles.